The minimum Gasteiger partial charge on any atom is -0.478 e. The number of aldehydes is 1. The maximum Gasteiger partial charge on any atom is 0.371 e. The van der Waals surface area contributed by atoms with E-state index in [9.17, 15) is 43.2 Å². The lowest BCUT2D eigenvalue weighted by atomic mass is 10.1. The number of morpholine rings is 5. The number of ether oxygens (including phenoxy) is 9. The Hall–Kier alpha value is -8.33. The van der Waals surface area contributed by atoms with Gasteiger partial charge in [0.1, 0.15) is 28.9 Å². The fourth-order valence-corrected chi connectivity index (χ4v) is 15.0. The van der Waals surface area contributed by atoms with Crippen molar-refractivity contribution in [2.75, 3.05) is 271 Å². The number of aromatic nitrogens is 4. The van der Waals surface area contributed by atoms with Gasteiger partial charge in [-0.1, -0.05) is 7.43 Å². The molecule has 706 valence electrons. The van der Waals surface area contributed by atoms with Crippen LogP contribution < -0.4 is 27.0 Å². The molecule has 37 nitrogen and oxygen atoms in total. The van der Waals surface area contributed by atoms with Crippen molar-refractivity contribution in [2.45, 2.75) is 113 Å². The van der Waals surface area contributed by atoms with E-state index in [0.717, 1.165) is 278 Å². The maximum absolute atomic E-state index is 12.3. The Kier molecular flexibility index (Phi) is 51.8. The first-order valence-electron chi connectivity index (χ1n) is 43.6. The number of hydrogen-bond acceptors (Lipinski definition) is 33. The number of pyridine rings is 4. The summed E-state index contributed by atoms with van der Waals surface area (Å²) >= 11 is 6.86. The largest absolute Gasteiger partial charge is 0.478 e. The van der Waals surface area contributed by atoms with E-state index in [4.69, 9.17) is 48.7 Å². The molecule has 12 rings (SSSR count). The summed E-state index contributed by atoms with van der Waals surface area (Å²) in [6.45, 7) is 43.5. The highest BCUT2D eigenvalue weighted by molar-refractivity contribution is 9.10. The van der Waals surface area contributed by atoms with Gasteiger partial charge in [0.25, 0.3) is 0 Å². The van der Waals surface area contributed by atoms with Crippen LogP contribution in [0.4, 0.5) is 23.3 Å². The first-order chi connectivity index (χ1) is 60.8. The number of anilines is 4. The number of fused-ring (bicyclic) bond motifs is 3. The van der Waals surface area contributed by atoms with E-state index in [1.165, 1.54) is 12.2 Å². The molecule has 8 aliphatic rings. The Morgan fingerprint density at radius 1 is 0.496 bits per heavy atom. The van der Waals surface area contributed by atoms with Gasteiger partial charge in [0, 0.05) is 186 Å². The van der Waals surface area contributed by atoms with Gasteiger partial charge >= 0.3 is 29.8 Å². The van der Waals surface area contributed by atoms with E-state index >= 15 is 0 Å². The first kappa shape index (κ1) is 107. The van der Waals surface area contributed by atoms with Crippen molar-refractivity contribution in [3.05, 3.63) is 104 Å². The lowest BCUT2D eigenvalue weighted by molar-refractivity contribution is -0.148. The molecule has 7 N–H and O–H groups in total. The Balaban J connectivity index is 0.000000242. The zero-order valence-electron chi connectivity index (χ0n) is 74.2. The van der Waals surface area contributed by atoms with Crippen LogP contribution in [0.5, 0.6) is 0 Å². The Morgan fingerprint density at radius 3 is 1.27 bits per heavy atom. The van der Waals surface area contributed by atoms with Crippen molar-refractivity contribution in [3.8, 4) is 0 Å². The average Bonchev–Trinajstić information content (AvgIpc) is 1.73. The van der Waals surface area contributed by atoms with Crippen LogP contribution in [0.3, 0.4) is 0 Å². The van der Waals surface area contributed by atoms with E-state index in [1.807, 2.05) is 58.9 Å². The molecule has 4 aromatic heterocycles. The summed E-state index contributed by atoms with van der Waals surface area (Å²) in [5.74, 6) is -0.376. The number of amides is 3. The number of halogens is 2. The Bertz CT molecular complexity index is 4050. The number of carboxylic acid groups (broad SMARTS) is 1. The monoisotopic (exact) mass is 1910 g/mol. The fourth-order valence-electron chi connectivity index (χ4n) is 14.2. The van der Waals surface area contributed by atoms with Gasteiger partial charge in [-0.15, -0.1) is 0 Å². The molecule has 39 heteroatoms. The number of nitrogens with one attached hydrogen (secondary N) is 4. The zero-order valence-corrected chi connectivity index (χ0v) is 77.4. The number of carbonyl (C=O) groups is 9. The second-order valence-corrected chi connectivity index (χ2v) is 33.5. The number of aliphatic carboxylic acids is 1. The zero-order chi connectivity index (χ0) is 90.7. The number of hydrogen-bond donors (Lipinski definition) is 6. The lowest BCUT2D eigenvalue weighted by Crippen LogP contribution is -2.39. The lowest BCUT2D eigenvalue weighted by Gasteiger charge is -2.28. The molecule has 0 radical (unpaired) electrons. The predicted molar refractivity (Wildman–Crippen MR) is 490 cm³/mol. The van der Waals surface area contributed by atoms with Gasteiger partial charge in [0.15, 0.2) is 0 Å². The fraction of sp³-hybridized carbons (Fsp3) is 0.625. The van der Waals surface area contributed by atoms with Gasteiger partial charge in [0.05, 0.1) is 119 Å². The smallest absolute Gasteiger partial charge is 0.371 e. The molecule has 0 aromatic carbocycles. The molecule has 5 saturated heterocycles. The Morgan fingerprint density at radius 2 is 0.866 bits per heavy atom. The third kappa shape index (κ3) is 45.7. The van der Waals surface area contributed by atoms with Crippen molar-refractivity contribution < 1.29 is 90.9 Å². The van der Waals surface area contributed by atoms with Gasteiger partial charge in [-0.25, -0.2) is 34.3 Å². The number of nitrogens with zero attached hydrogens (tertiary/aromatic N) is 13. The standard InChI is InChI=1S/C22H32N4O4.C18H24N4O4.C17H27BrN4O3.C15H21BrN4O2.C11H22N2O3.C4H6O3.CH4/c1-22(2,3)30-20(28)6-5-17-13-18-15-26(16-19(27)24-21(18)23-14-17)8-4-7-25-9-11-29-12-10-25;23-16-13-22(5-1-4-21-6-8-26-9-7-21)12-15-10-14(2-3-17(24)25)11-19-18(15)20-16;1-2-25-16(23)13-22(5-3-4-21-6-8-24-9-7-21)12-14-10-15(18)11-20-17(14)19;16-13-8-12-10-20(11-14(21)18-15(12)17-9-13)3-1-2-19-4-6-22-7-5-19;1-2-16-11(14)10-12-4-3-5-13-6-8-15-9-7-13;1-2-7-4(6)3-5;/h5-6,13-14H,4,7-12,15-16H2,1-3H3,(H,23,24,27);2-3,10-11H,1,4-9,12-13H2,(H,24,25)(H,19,20,23);10-11H,2-9,12-13H2,1H3,(H2,19,20);8-9H,1-7,10-11H2,(H,17,18,21);12H,2-10H2,1H3;3H,2H2,1H3;1H4/b6-5+;3-2+;;;;;. The van der Waals surface area contributed by atoms with Crippen molar-refractivity contribution in [1.82, 2.24) is 69.4 Å². The third-order valence-electron chi connectivity index (χ3n) is 20.3. The highest BCUT2D eigenvalue weighted by Crippen LogP contribution is 2.26. The number of carboxylic acids is 1. The molecule has 0 atom stereocenters. The summed E-state index contributed by atoms with van der Waals surface area (Å²) in [6, 6.07) is 7.82. The second kappa shape index (κ2) is 61.3. The van der Waals surface area contributed by atoms with Crippen LogP contribution in [-0.2, 0) is 112 Å². The number of carbonyl (C=O) groups excluding carboxylic acids is 8. The molecule has 3 amide bonds. The van der Waals surface area contributed by atoms with Crippen LogP contribution in [0.2, 0.25) is 0 Å². The molecular formula is C88H136Br2N18O19. The predicted octanol–water partition coefficient (Wildman–Crippen LogP) is 5.65. The summed E-state index contributed by atoms with van der Waals surface area (Å²) in [5, 5.41) is 20.4. The molecule has 0 unspecified atom stereocenters. The van der Waals surface area contributed by atoms with E-state index in [-0.39, 0.29) is 56.5 Å². The summed E-state index contributed by atoms with van der Waals surface area (Å²) in [7, 11) is 0. The van der Waals surface area contributed by atoms with Crippen LogP contribution in [0.1, 0.15) is 114 Å². The molecule has 12 heterocycles. The highest BCUT2D eigenvalue weighted by Gasteiger charge is 2.26. The van der Waals surface area contributed by atoms with Gasteiger partial charge in [-0.2, -0.15) is 0 Å². The van der Waals surface area contributed by atoms with Crippen molar-refractivity contribution in [3.63, 3.8) is 0 Å². The van der Waals surface area contributed by atoms with Crippen molar-refractivity contribution in [1.29, 1.82) is 0 Å². The van der Waals surface area contributed by atoms with Crippen LogP contribution in [0.15, 0.2) is 70.2 Å². The third-order valence-corrected chi connectivity index (χ3v) is 21.2. The topological polar surface area (TPSA) is 412 Å². The van der Waals surface area contributed by atoms with E-state index in [1.54, 1.807) is 37.8 Å². The number of nitrogens with two attached hydrogens (primary N) is 1. The summed E-state index contributed by atoms with van der Waals surface area (Å²) in [5.41, 5.74) is 10.8. The maximum atomic E-state index is 12.3. The quantitative estimate of drug-likeness (QED) is 0.00821. The minimum absolute atomic E-state index is 0. The molecule has 0 saturated carbocycles. The number of nitrogen functional groups attached to an aromatic ring is 1. The molecule has 0 bridgehead atoms. The van der Waals surface area contributed by atoms with Crippen LogP contribution in [0, 0.1) is 0 Å². The minimum atomic E-state index is -1.00. The molecular weight excluding hydrogens is 1770 g/mol. The summed E-state index contributed by atoms with van der Waals surface area (Å²) in [6.07, 6.45) is 17.5. The average molecular weight is 1910 g/mol. The number of rotatable bonds is 34. The van der Waals surface area contributed by atoms with Gasteiger partial charge < -0.3 is 74.7 Å². The molecule has 0 spiro atoms. The second-order valence-electron chi connectivity index (χ2n) is 31.6. The molecule has 8 aliphatic heterocycles. The Labute approximate surface area is 764 Å². The van der Waals surface area contributed by atoms with Crippen LogP contribution >= 0.6 is 31.9 Å². The van der Waals surface area contributed by atoms with Crippen molar-refractivity contribution >= 4 is 121 Å². The first-order valence-corrected chi connectivity index (χ1v) is 45.2. The number of esters is 4. The van der Waals surface area contributed by atoms with E-state index < -0.39 is 23.5 Å². The molecule has 127 heavy (non-hydrogen) atoms. The molecule has 0 aliphatic carbocycles. The van der Waals surface area contributed by atoms with Gasteiger partial charge in [-0.05, 0) is 192 Å². The van der Waals surface area contributed by atoms with Crippen molar-refractivity contribution in [2.24, 2.45) is 0 Å². The van der Waals surface area contributed by atoms with Gasteiger partial charge in [-0.3, -0.25) is 72.9 Å². The SMILES string of the molecule is C.CC(C)(C)OC(=O)/C=C/c1cnc2c(c1)CN(CCCN1CCOCC1)CC(=O)N2.CCOC(=O)C=O.CCOC(=O)CN(CCCN1CCOCC1)Cc1cc(Br)cnc1N.CCOC(=O)CNCCCN1CCOCC1.O=C(O)/C=C/c1cnc2c(c1)CN(CCCN1CCOCC1)CC(=O)N2.O=C1CN(CCCN2CCOCC2)Cc2cc(Br)cnc2N1. The summed E-state index contributed by atoms with van der Waals surface area (Å²) in [4.78, 5) is 139. The van der Waals surface area contributed by atoms with E-state index in [2.05, 4.69) is 122 Å². The van der Waals surface area contributed by atoms with Gasteiger partial charge in [0.2, 0.25) is 24.0 Å². The summed E-state index contributed by atoms with van der Waals surface area (Å²) < 4.78 is 47.9. The molecule has 4 aromatic rings. The van der Waals surface area contributed by atoms with Crippen LogP contribution in [-0.4, -0.2) is 378 Å². The highest BCUT2D eigenvalue weighted by atomic mass is 79.9. The van der Waals surface area contributed by atoms with Crippen LogP contribution in [0.25, 0.3) is 12.2 Å². The normalized spacial score (nSPS) is 17.5. The van der Waals surface area contributed by atoms with E-state index in [0.29, 0.717) is 87.9 Å². The molecule has 5 fully saturated rings.